The van der Waals surface area contributed by atoms with Gasteiger partial charge in [-0.1, -0.05) is 0 Å². The van der Waals surface area contributed by atoms with E-state index in [1.165, 1.54) is 0 Å². The van der Waals surface area contributed by atoms with Crippen molar-refractivity contribution >= 4 is 21.7 Å². The minimum absolute atomic E-state index is 0.434. The van der Waals surface area contributed by atoms with Crippen molar-refractivity contribution in [3.05, 3.63) is 34.6 Å². The molecule has 0 saturated carbocycles. The minimum Gasteiger partial charge on any atom is -0.384 e. The van der Waals surface area contributed by atoms with Gasteiger partial charge in [-0.05, 0) is 28.1 Å². The Hall–Kier alpha value is -1.44. The average Bonchev–Trinajstić information content (AvgIpc) is 3.01. The van der Waals surface area contributed by atoms with Gasteiger partial charge >= 0.3 is 0 Å². The Morgan fingerprint density at radius 2 is 2.06 bits per heavy atom. The number of hydrogen-bond acceptors (Lipinski definition) is 5. The van der Waals surface area contributed by atoms with Gasteiger partial charge in [0.1, 0.15) is 11.5 Å². The minimum atomic E-state index is -0.434. The molecule has 1 fully saturated rings. The molecule has 1 aliphatic heterocycles. The van der Waals surface area contributed by atoms with Gasteiger partial charge in [0.15, 0.2) is 5.82 Å². The van der Waals surface area contributed by atoms with Crippen LogP contribution in [-0.4, -0.2) is 28.0 Å². The molecule has 18 heavy (non-hydrogen) atoms. The molecule has 3 heterocycles. The van der Waals surface area contributed by atoms with E-state index in [4.69, 9.17) is 15.2 Å². The fraction of sp³-hybridized carbons (Fsp3) is 0.273. The molecule has 94 valence electrons. The summed E-state index contributed by atoms with van der Waals surface area (Å²) in [5.74, 6) is 1.17. The second-order valence-electron chi connectivity index (χ2n) is 3.78. The lowest BCUT2D eigenvalue weighted by atomic mass is 10.3. The second-order valence-corrected chi connectivity index (χ2v) is 4.63. The van der Waals surface area contributed by atoms with Crippen molar-refractivity contribution in [2.75, 3.05) is 18.9 Å². The number of nitrogen functional groups attached to an aromatic ring is 1. The Morgan fingerprint density at radius 3 is 2.72 bits per heavy atom. The zero-order valence-corrected chi connectivity index (χ0v) is 11.0. The average molecular weight is 311 g/mol. The molecule has 0 aromatic carbocycles. The van der Waals surface area contributed by atoms with Crippen molar-refractivity contribution in [2.45, 2.75) is 6.29 Å². The van der Waals surface area contributed by atoms with Crippen molar-refractivity contribution in [1.29, 1.82) is 0 Å². The van der Waals surface area contributed by atoms with E-state index < -0.39 is 6.29 Å². The van der Waals surface area contributed by atoms with E-state index in [0.717, 1.165) is 4.47 Å². The summed E-state index contributed by atoms with van der Waals surface area (Å²) in [5.41, 5.74) is 6.49. The molecular weight excluding hydrogens is 300 g/mol. The van der Waals surface area contributed by atoms with Crippen molar-refractivity contribution in [2.24, 2.45) is 0 Å². The van der Waals surface area contributed by atoms with Gasteiger partial charge in [0.2, 0.25) is 6.29 Å². The summed E-state index contributed by atoms with van der Waals surface area (Å²) in [5, 5.41) is 4.12. The van der Waals surface area contributed by atoms with Gasteiger partial charge in [-0.25, -0.2) is 4.98 Å². The maximum absolute atomic E-state index is 5.80. The number of hydrogen-bond donors (Lipinski definition) is 1. The lowest BCUT2D eigenvalue weighted by molar-refractivity contribution is -0.0478. The molecule has 1 aliphatic rings. The standard InChI is InChI=1S/C11H11BrN4O2/c12-7-1-2-9(16-8(13)3-4-14-16)15-10(7)11-17-5-6-18-11/h1-4,11H,5-6,13H2. The zero-order valence-electron chi connectivity index (χ0n) is 9.41. The van der Waals surface area contributed by atoms with Crippen LogP contribution in [0.3, 0.4) is 0 Å². The fourth-order valence-electron chi connectivity index (χ4n) is 1.75. The highest BCUT2D eigenvalue weighted by Gasteiger charge is 2.23. The molecule has 3 rings (SSSR count). The van der Waals surface area contributed by atoms with Crippen LogP contribution in [0.5, 0.6) is 0 Å². The third-order valence-electron chi connectivity index (χ3n) is 2.59. The lowest BCUT2D eigenvalue weighted by Crippen LogP contribution is -2.08. The van der Waals surface area contributed by atoms with Crippen molar-refractivity contribution < 1.29 is 9.47 Å². The highest BCUT2D eigenvalue weighted by atomic mass is 79.9. The Bertz CT molecular complexity index is 566. The molecule has 0 spiro atoms. The van der Waals surface area contributed by atoms with Crippen LogP contribution in [0.25, 0.3) is 5.82 Å². The van der Waals surface area contributed by atoms with E-state index >= 15 is 0 Å². The summed E-state index contributed by atoms with van der Waals surface area (Å²) in [4.78, 5) is 4.48. The third kappa shape index (κ3) is 2.00. The van der Waals surface area contributed by atoms with E-state index in [2.05, 4.69) is 26.0 Å². The Morgan fingerprint density at radius 1 is 1.28 bits per heavy atom. The van der Waals surface area contributed by atoms with E-state index in [0.29, 0.717) is 30.5 Å². The first kappa shape index (κ1) is 11.6. The quantitative estimate of drug-likeness (QED) is 0.913. The Balaban J connectivity index is 2.02. The first-order valence-electron chi connectivity index (χ1n) is 5.45. The van der Waals surface area contributed by atoms with Gasteiger partial charge < -0.3 is 15.2 Å². The number of nitrogens with two attached hydrogens (primary N) is 1. The normalized spacial score (nSPS) is 16.3. The van der Waals surface area contributed by atoms with Gasteiger partial charge in [0.25, 0.3) is 0 Å². The van der Waals surface area contributed by atoms with Gasteiger partial charge in [-0.15, -0.1) is 0 Å². The smallest absolute Gasteiger partial charge is 0.202 e. The van der Waals surface area contributed by atoms with Crippen LogP contribution in [0.1, 0.15) is 12.0 Å². The maximum atomic E-state index is 5.80. The van der Waals surface area contributed by atoms with E-state index in [1.807, 2.05) is 12.1 Å². The first-order chi connectivity index (χ1) is 8.75. The summed E-state index contributed by atoms with van der Waals surface area (Å²) in [6.07, 6.45) is 1.19. The van der Waals surface area contributed by atoms with E-state index in [1.54, 1.807) is 16.9 Å². The van der Waals surface area contributed by atoms with Gasteiger partial charge in [-0.2, -0.15) is 9.78 Å². The van der Waals surface area contributed by atoms with Crippen molar-refractivity contribution in [1.82, 2.24) is 14.8 Å². The molecule has 2 aromatic heterocycles. The number of pyridine rings is 1. The second kappa shape index (κ2) is 4.68. The van der Waals surface area contributed by atoms with Gasteiger partial charge in [-0.3, -0.25) is 0 Å². The van der Waals surface area contributed by atoms with Crippen molar-refractivity contribution in [3.63, 3.8) is 0 Å². The number of rotatable bonds is 2. The van der Waals surface area contributed by atoms with Crippen molar-refractivity contribution in [3.8, 4) is 5.82 Å². The Kier molecular flexibility index (Phi) is 3.02. The molecule has 2 aromatic rings. The highest BCUT2D eigenvalue weighted by molar-refractivity contribution is 9.10. The lowest BCUT2D eigenvalue weighted by Gasteiger charge is -2.12. The van der Waals surface area contributed by atoms with Crippen LogP contribution >= 0.6 is 15.9 Å². The predicted molar refractivity (Wildman–Crippen MR) is 68.1 cm³/mol. The highest BCUT2D eigenvalue weighted by Crippen LogP contribution is 2.29. The van der Waals surface area contributed by atoms with E-state index in [-0.39, 0.29) is 0 Å². The molecule has 7 heteroatoms. The summed E-state index contributed by atoms with van der Waals surface area (Å²) in [6.45, 7) is 1.15. The maximum Gasteiger partial charge on any atom is 0.202 e. The van der Waals surface area contributed by atoms with Crippen LogP contribution in [0, 0.1) is 0 Å². The number of anilines is 1. The molecule has 0 amide bonds. The van der Waals surface area contributed by atoms with Gasteiger partial charge in [0, 0.05) is 10.5 Å². The molecule has 0 aliphatic carbocycles. The van der Waals surface area contributed by atoms with Crippen LogP contribution in [0.2, 0.25) is 0 Å². The van der Waals surface area contributed by atoms with Crippen LogP contribution < -0.4 is 5.73 Å². The molecule has 6 nitrogen and oxygen atoms in total. The first-order valence-corrected chi connectivity index (χ1v) is 6.24. The molecule has 0 radical (unpaired) electrons. The predicted octanol–water partition coefficient (Wildman–Crippen LogP) is 1.66. The fourth-order valence-corrected chi connectivity index (χ4v) is 2.16. The van der Waals surface area contributed by atoms with E-state index in [9.17, 15) is 0 Å². The zero-order chi connectivity index (χ0) is 12.5. The monoisotopic (exact) mass is 310 g/mol. The summed E-state index contributed by atoms with van der Waals surface area (Å²) >= 11 is 3.44. The van der Waals surface area contributed by atoms with Gasteiger partial charge in [0.05, 0.1) is 19.4 Å². The SMILES string of the molecule is Nc1ccnn1-c1ccc(Br)c(C2OCCO2)n1. The summed E-state index contributed by atoms with van der Waals surface area (Å²) in [7, 11) is 0. The molecule has 0 atom stereocenters. The number of ether oxygens (including phenoxy) is 2. The number of nitrogens with zero attached hydrogens (tertiary/aromatic N) is 3. The molecule has 0 unspecified atom stereocenters. The number of halogens is 1. The topological polar surface area (TPSA) is 75.2 Å². The molecule has 0 bridgehead atoms. The third-order valence-corrected chi connectivity index (χ3v) is 3.26. The molecule has 1 saturated heterocycles. The molecule has 2 N–H and O–H groups in total. The summed E-state index contributed by atoms with van der Waals surface area (Å²) in [6, 6.07) is 5.42. The van der Waals surface area contributed by atoms with Crippen LogP contribution in [0.4, 0.5) is 5.82 Å². The molecular formula is C11H11BrN4O2. The van der Waals surface area contributed by atoms with Crippen LogP contribution in [0.15, 0.2) is 28.9 Å². The summed E-state index contributed by atoms with van der Waals surface area (Å²) < 4.78 is 13.3. The number of aromatic nitrogens is 3. The van der Waals surface area contributed by atoms with Crippen LogP contribution in [-0.2, 0) is 9.47 Å². The Labute approximate surface area is 112 Å². The largest absolute Gasteiger partial charge is 0.384 e.